The molecule has 1 heterocycles. The van der Waals surface area contributed by atoms with E-state index in [-0.39, 0.29) is 24.5 Å². The molecule has 0 radical (unpaired) electrons. The number of hydrogen-bond donors (Lipinski definition) is 0. The number of aryl methyl sites for hydroxylation is 5. The molecule has 5 aromatic carbocycles. The first kappa shape index (κ1) is 51.0. The van der Waals surface area contributed by atoms with Crippen LogP contribution in [-0.2, 0) is 50.1 Å². The molecule has 0 amide bonds. The van der Waals surface area contributed by atoms with Gasteiger partial charge in [0.05, 0.1) is 24.5 Å². The Kier molecular flexibility index (Phi) is 15.8. The van der Waals surface area contributed by atoms with E-state index in [1.54, 1.807) is 95.3 Å². The van der Waals surface area contributed by atoms with E-state index in [0.29, 0.717) is 0 Å². The van der Waals surface area contributed by atoms with E-state index in [9.17, 15) is 42.1 Å². The molecule has 5 aromatic rings. The largest absolute Gasteiger partial charge is 0.243 e. The number of rotatable bonds is 10. The highest BCUT2D eigenvalue weighted by molar-refractivity contribution is 7.90. The lowest BCUT2D eigenvalue weighted by Crippen LogP contribution is -2.51. The van der Waals surface area contributed by atoms with Gasteiger partial charge in [-0.15, -0.1) is 0 Å². The minimum Gasteiger partial charge on any atom is -0.207 e. The van der Waals surface area contributed by atoms with Crippen LogP contribution in [0.2, 0.25) is 0 Å². The van der Waals surface area contributed by atoms with E-state index >= 15 is 0 Å². The molecular formula is C46H57N5O10S5. The van der Waals surface area contributed by atoms with Crippen LogP contribution in [0.3, 0.4) is 0 Å². The predicted molar refractivity (Wildman–Crippen MR) is 254 cm³/mol. The Morgan fingerprint density at radius 1 is 0.303 bits per heavy atom. The molecule has 0 N–H and O–H groups in total. The summed E-state index contributed by atoms with van der Waals surface area (Å²) < 4.78 is 152. The lowest BCUT2D eigenvalue weighted by atomic mass is 10.2. The minimum absolute atomic E-state index is 0.119. The van der Waals surface area contributed by atoms with Gasteiger partial charge in [0.15, 0.2) is 0 Å². The molecule has 0 saturated carbocycles. The van der Waals surface area contributed by atoms with E-state index in [4.69, 9.17) is 0 Å². The lowest BCUT2D eigenvalue weighted by molar-refractivity contribution is 0.255. The van der Waals surface area contributed by atoms with Crippen molar-refractivity contribution < 1.29 is 42.1 Å². The monoisotopic (exact) mass is 999 g/mol. The molecule has 0 unspecified atom stereocenters. The molecule has 66 heavy (non-hydrogen) atoms. The van der Waals surface area contributed by atoms with Crippen LogP contribution in [0.1, 0.15) is 34.7 Å². The van der Waals surface area contributed by atoms with Crippen LogP contribution in [0, 0.1) is 34.6 Å². The zero-order valence-corrected chi connectivity index (χ0v) is 41.9. The number of sulfonamides is 5. The minimum atomic E-state index is -4.49. The Morgan fingerprint density at radius 3 is 0.758 bits per heavy atom. The van der Waals surface area contributed by atoms with E-state index in [1.165, 1.54) is 67.6 Å². The van der Waals surface area contributed by atoms with Crippen molar-refractivity contribution in [1.82, 2.24) is 21.5 Å². The maximum atomic E-state index is 14.8. The summed E-state index contributed by atoms with van der Waals surface area (Å²) in [4.78, 5) is -0.600. The van der Waals surface area contributed by atoms with Gasteiger partial charge in [-0.3, -0.25) is 0 Å². The summed E-state index contributed by atoms with van der Waals surface area (Å²) in [7, 11) is -22.3. The van der Waals surface area contributed by atoms with Crippen LogP contribution in [0.4, 0.5) is 0 Å². The third kappa shape index (κ3) is 11.5. The molecule has 15 nitrogen and oxygen atoms in total. The first-order valence-electron chi connectivity index (χ1n) is 21.3. The Labute approximate surface area is 391 Å². The highest BCUT2D eigenvalue weighted by Crippen LogP contribution is 2.26. The van der Waals surface area contributed by atoms with Crippen molar-refractivity contribution in [2.24, 2.45) is 0 Å². The van der Waals surface area contributed by atoms with Crippen LogP contribution < -0.4 is 0 Å². The van der Waals surface area contributed by atoms with Crippen molar-refractivity contribution in [2.75, 3.05) is 58.9 Å². The van der Waals surface area contributed by atoms with E-state index in [0.717, 1.165) is 49.3 Å². The zero-order valence-electron chi connectivity index (χ0n) is 37.8. The molecule has 0 spiro atoms. The fourth-order valence-corrected chi connectivity index (χ4v) is 14.9. The van der Waals surface area contributed by atoms with Crippen molar-refractivity contribution in [3.8, 4) is 0 Å². The second kappa shape index (κ2) is 20.5. The fourth-order valence-electron chi connectivity index (χ4n) is 7.49. The maximum Gasteiger partial charge on any atom is 0.243 e. The quantitative estimate of drug-likeness (QED) is 0.176. The van der Waals surface area contributed by atoms with E-state index in [2.05, 4.69) is 0 Å². The van der Waals surface area contributed by atoms with E-state index in [1.807, 2.05) is 0 Å². The van der Waals surface area contributed by atoms with Gasteiger partial charge in [0, 0.05) is 64.9 Å². The smallest absolute Gasteiger partial charge is 0.207 e. The molecule has 20 heteroatoms. The Hall–Kier alpha value is -4.35. The van der Waals surface area contributed by atoms with Crippen molar-refractivity contribution in [3.05, 3.63) is 149 Å². The second-order valence-corrected chi connectivity index (χ2v) is 26.2. The van der Waals surface area contributed by atoms with Gasteiger partial charge in [0.2, 0.25) is 50.1 Å². The molecule has 0 aliphatic carbocycles. The molecule has 356 valence electrons. The summed E-state index contributed by atoms with van der Waals surface area (Å²) in [6, 6.07) is 29.0. The number of hydrogen-bond acceptors (Lipinski definition) is 10. The zero-order chi connectivity index (χ0) is 48.2. The lowest BCUT2D eigenvalue weighted by Gasteiger charge is -2.34. The molecule has 0 bridgehead atoms. The van der Waals surface area contributed by atoms with Gasteiger partial charge in [-0.05, 0) is 102 Å². The highest BCUT2D eigenvalue weighted by Gasteiger charge is 2.38. The predicted octanol–water partition coefficient (Wildman–Crippen LogP) is 5.39. The fraction of sp³-hybridized carbons (Fsp3) is 0.348. The molecule has 1 aliphatic heterocycles. The molecule has 1 saturated heterocycles. The van der Waals surface area contributed by atoms with Gasteiger partial charge in [0.1, 0.15) is 0 Å². The van der Waals surface area contributed by atoms with Gasteiger partial charge >= 0.3 is 0 Å². The van der Waals surface area contributed by atoms with Crippen molar-refractivity contribution >= 4 is 50.1 Å². The Morgan fingerprint density at radius 2 is 0.500 bits per heavy atom. The van der Waals surface area contributed by atoms with Crippen molar-refractivity contribution in [3.63, 3.8) is 0 Å². The molecule has 1 atom stereocenters. The van der Waals surface area contributed by atoms with Crippen LogP contribution in [0.5, 0.6) is 0 Å². The van der Waals surface area contributed by atoms with Crippen LogP contribution in [-0.4, -0.2) is 129 Å². The van der Waals surface area contributed by atoms with Crippen LogP contribution >= 0.6 is 0 Å². The summed E-state index contributed by atoms with van der Waals surface area (Å²) in [5.74, 6) is 0. The normalized spacial score (nSPS) is 18.4. The van der Waals surface area contributed by atoms with Crippen molar-refractivity contribution in [2.45, 2.75) is 72.1 Å². The third-order valence-electron chi connectivity index (χ3n) is 11.6. The van der Waals surface area contributed by atoms with Gasteiger partial charge < -0.3 is 0 Å². The average Bonchev–Trinajstić information content (AvgIpc) is 3.26. The highest BCUT2D eigenvalue weighted by atomic mass is 32.2. The van der Waals surface area contributed by atoms with Gasteiger partial charge in [-0.2, -0.15) is 21.5 Å². The van der Waals surface area contributed by atoms with Crippen LogP contribution in [0.15, 0.2) is 146 Å². The summed E-state index contributed by atoms with van der Waals surface area (Å²) in [5.41, 5.74) is 3.89. The SMILES string of the molecule is Cc1ccc(S(=O)(=O)N2CCN(S(=O)(=O)c3ccc(C)cc3)CCN(S(=O)(=O)c3ccc(C)cc3)C[C@H](C)N(S(=O)(=O)c3ccc(C)cc3)CCN(S(=O)(=O)c3ccc(C)cc3)CC2)cc1. The van der Waals surface area contributed by atoms with Crippen molar-refractivity contribution in [1.29, 1.82) is 0 Å². The molecule has 1 aliphatic rings. The molecule has 1 fully saturated rings. The third-order valence-corrected chi connectivity index (χ3v) is 21.2. The summed E-state index contributed by atoms with van der Waals surface area (Å²) in [5, 5.41) is 0. The maximum absolute atomic E-state index is 14.8. The Bertz CT molecular complexity index is 3050. The summed E-state index contributed by atoms with van der Waals surface area (Å²) in [6.07, 6.45) is 0. The van der Waals surface area contributed by atoms with Crippen LogP contribution in [0.25, 0.3) is 0 Å². The first-order valence-corrected chi connectivity index (χ1v) is 28.5. The molecule has 0 aromatic heterocycles. The molecule has 6 rings (SSSR count). The Balaban J connectivity index is 1.55. The summed E-state index contributed by atoms with van der Waals surface area (Å²) in [6.45, 7) is 6.23. The number of nitrogens with zero attached hydrogens (tertiary/aromatic N) is 5. The standard InChI is InChI=1S/C46H57N5O10S5/c1-36-7-17-42(18-8-36)62(52,53)47-27-28-48(63(54,55)43-19-9-37(2)10-20-43)31-32-50(65(58,59)45-23-13-39(4)14-24-45)35-41(6)51(66(60,61)46-25-15-40(5)16-26-46)34-33-49(30-29-47)64(56,57)44-21-11-38(3)12-22-44/h7-26,41H,27-35H2,1-6H3/t41-/m0/s1. The molecular weight excluding hydrogens is 943 g/mol. The number of benzene rings is 5. The van der Waals surface area contributed by atoms with Gasteiger partial charge in [-0.1, -0.05) is 88.5 Å². The van der Waals surface area contributed by atoms with Gasteiger partial charge in [-0.25, -0.2) is 42.1 Å². The summed E-state index contributed by atoms with van der Waals surface area (Å²) >= 11 is 0. The topological polar surface area (TPSA) is 187 Å². The second-order valence-electron chi connectivity index (χ2n) is 16.6. The average molecular weight is 1000 g/mol. The first-order chi connectivity index (χ1) is 30.9. The van der Waals surface area contributed by atoms with Gasteiger partial charge in [0.25, 0.3) is 0 Å². The van der Waals surface area contributed by atoms with E-state index < -0.39 is 115 Å².